The first kappa shape index (κ1) is 11.2. The number of carbonyl (C=O) groups is 1. The zero-order valence-electron chi connectivity index (χ0n) is 10.7. The molecule has 0 saturated heterocycles. The first-order valence-corrected chi connectivity index (χ1v) is 6.34. The molecular weight excluding hydrogens is 224 g/mol. The highest BCUT2D eigenvalue weighted by Gasteiger charge is 2.22. The van der Waals surface area contributed by atoms with Crippen LogP contribution >= 0.6 is 0 Å². The van der Waals surface area contributed by atoms with E-state index in [1.54, 1.807) is 6.20 Å². The van der Waals surface area contributed by atoms with Crippen LogP contribution in [0.2, 0.25) is 0 Å². The Morgan fingerprint density at radius 1 is 1.22 bits per heavy atom. The SMILES string of the molecule is Cc1ccc(-n2ncc3c2CCCC3=O)c(C)c1. The summed E-state index contributed by atoms with van der Waals surface area (Å²) < 4.78 is 1.93. The quantitative estimate of drug-likeness (QED) is 0.768. The summed E-state index contributed by atoms with van der Waals surface area (Å²) >= 11 is 0. The van der Waals surface area contributed by atoms with Crippen LogP contribution < -0.4 is 0 Å². The molecular formula is C15H16N2O. The van der Waals surface area contributed by atoms with Crippen molar-refractivity contribution in [2.24, 2.45) is 0 Å². The van der Waals surface area contributed by atoms with Gasteiger partial charge in [0.05, 0.1) is 23.1 Å². The van der Waals surface area contributed by atoms with Gasteiger partial charge < -0.3 is 0 Å². The normalized spacial score (nSPS) is 14.7. The van der Waals surface area contributed by atoms with Gasteiger partial charge in [-0.1, -0.05) is 17.7 Å². The maximum atomic E-state index is 11.8. The zero-order chi connectivity index (χ0) is 12.7. The summed E-state index contributed by atoms with van der Waals surface area (Å²) in [5.74, 6) is 0.229. The van der Waals surface area contributed by atoms with Crippen LogP contribution in [0.3, 0.4) is 0 Å². The van der Waals surface area contributed by atoms with Crippen molar-refractivity contribution in [3.8, 4) is 5.69 Å². The van der Waals surface area contributed by atoms with Crippen molar-refractivity contribution < 1.29 is 4.79 Å². The Morgan fingerprint density at radius 3 is 2.83 bits per heavy atom. The highest BCUT2D eigenvalue weighted by molar-refractivity contribution is 5.98. The standard InChI is InChI=1S/C15H16N2O/c1-10-6-7-13(11(2)8-10)17-14-4-3-5-15(18)12(14)9-16-17/h6-9H,3-5H2,1-2H3. The second kappa shape index (κ2) is 4.09. The molecule has 1 aliphatic carbocycles. The van der Waals surface area contributed by atoms with Gasteiger partial charge in [0.25, 0.3) is 0 Å². The van der Waals surface area contributed by atoms with Gasteiger partial charge >= 0.3 is 0 Å². The van der Waals surface area contributed by atoms with Crippen LogP contribution in [0.4, 0.5) is 0 Å². The average Bonchev–Trinajstić information content (AvgIpc) is 2.74. The van der Waals surface area contributed by atoms with Gasteiger partial charge in [-0.25, -0.2) is 4.68 Å². The van der Waals surface area contributed by atoms with Gasteiger partial charge in [-0.05, 0) is 38.3 Å². The van der Waals surface area contributed by atoms with Crippen LogP contribution in [-0.2, 0) is 6.42 Å². The Morgan fingerprint density at radius 2 is 2.06 bits per heavy atom. The summed E-state index contributed by atoms with van der Waals surface area (Å²) in [6.07, 6.45) is 4.25. The molecule has 3 nitrogen and oxygen atoms in total. The van der Waals surface area contributed by atoms with E-state index < -0.39 is 0 Å². The summed E-state index contributed by atoms with van der Waals surface area (Å²) in [4.78, 5) is 11.8. The molecule has 0 spiro atoms. The largest absolute Gasteiger partial charge is 0.294 e. The van der Waals surface area contributed by atoms with Crippen molar-refractivity contribution in [3.05, 3.63) is 46.8 Å². The van der Waals surface area contributed by atoms with Gasteiger partial charge in [-0.15, -0.1) is 0 Å². The number of aryl methyl sites for hydroxylation is 2. The van der Waals surface area contributed by atoms with Crippen molar-refractivity contribution in [2.75, 3.05) is 0 Å². The van der Waals surface area contributed by atoms with E-state index >= 15 is 0 Å². The Balaban J connectivity index is 2.15. The minimum atomic E-state index is 0.229. The molecule has 1 aliphatic rings. The molecule has 0 N–H and O–H groups in total. The van der Waals surface area contributed by atoms with Crippen LogP contribution in [-0.4, -0.2) is 15.6 Å². The van der Waals surface area contributed by atoms with Crippen molar-refractivity contribution in [3.63, 3.8) is 0 Å². The summed E-state index contributed by atoms with van der Waals surface area (Å²) in [6, 6.07) is 6.31. The van der Waals surface area contributed by atoms with Crippen LogP contribution in [0, 0.1) is 13.8 Å². The van der Waals surface area contributed by atoms with Gasteiger partial charge in [-0.2, -0.15) is 5.10 Å². The second-order valence-corrected chi connectivity index (χ2v) is 4.98. The number of rotatable bonds is 1. The molecule has 18 heavy (non-hydrogen) atoms. The lowest BCUT2D eigenvalue weighted by Gasteiger charge is -2.14. The summed E-state index contributed by atoms with van der Waals surface area (Å²) in [5.41, 5.74) is 5.39. The van der Waals surface area contributed by atoms with Crippen molar-refractivity contribution >= 4 is 5.78 Å². The summed E-state index contributed by atoms with van der Waals surface area (Å²) in [6.45, 7) is 4.17. The molecule has 1 aromatic heterocycles. The Bertz CT molecular complexity index is 625. The van der Waals surface area contributed by atoms with Crippen LogP contribution in [0.1, 0.15) is 40.0 Å². The van der Waals surface area contributed by atoms with E-state index in [1.165, 1.54) is 11.1 Å². The number of nitrogens with zero attached hydrogens (tertiary/aromatic N) is 2. The molecule has 92 valence electrons. The zero-order valence-corrected chi connectivity index (χ0v) is 10.7. The molecule has 0 fully saturated rings. The van der Waals surface area contributed by atoms with E-state index in [4.69, 9.17) is 0 Å². The van der Waals surface area contributed by atoms with Gasteiger partial charge in [-0.3, -0.25) is 4.79 Å². The lowest BCUT2D eigenvalue weighted by molar-refractivity contribution is 0.0972. The van der Waals surface area contributed by atoms with E-state index in [2.05, 4.69) is 37.1 Å². The van der Waals surface area contributed by atoms with E-state index in [0.29, 0.717) is 6.42 Å². The molecule has 0 saturated carbocycles. The third-order valence-corrected chi connectivity index (χ3v) is 3.57. The number of aromatic nitrogens is 2. The fraction of sp³-hybridized carbons (Fsp3) is 0.333. The topological polar surface area (TPSA) is 34.9 Å². The smallest absolute Gasteiger partial charge is 0.166 e. The van der Waals surface area contributed by atoms with Crippen molar-refractivity contribution in [2.45, 2.75) is 33.1 Å². The fourth-order valence-corrected chi connectivity index (χ4v) is 2.65. The van der Waals surface area contributed by atoms with E-state index in [-0.39, 0.29) is 5.78 Å². The number of hydrogen-bond donors (Lipinski definition) is 0. The van der Waals surface area contributed by atoms with E-state index in [9.17, 15) is 4.79 Å². The Hall–Kier alpha value is -1.90. The van der Waals surface area contributed by atoms with Crippen molar-refractivity contribution in [1.29, 1.82) is 0 Å². The molecule has 2 aromatic rings. The lowest BCUT2D eigenvalue weighted by Crippen LogP contribution is -2.13. The molecule has 3 heteroatoms. The fourth-order valence-electron chi connectivity index (χ4n) is 2.65. The number of carbonyl (C=O) groups excluding carboxylic acids is 1. The van der Waals surface area contributed by atoms with Gasteiger partial charge in [0.2, 0.25) is 0 Å². The van der Waals surface area contributed by atoms with Crippen LogP contribution in [0.25, 0.3) is 5.69 Å². The number of fused-ring (bicyclic) bond motifs is 1. The minimum absolute atomic E-state index is 0.229. The number of benzene rings is 1. The first-order chi connectivity index (χ1) is 8.66. The lowest BCUT2D eigenvalue weighted by atomic mass is 9.96. The molecule has 1 aromatic carbocycles. The third-order valence-electron chi connectivity index (χ3n) is 3.57. The summed E-state index contributed by atoms with van der Waals surface area (Å²) in [7, 11) is 0. The molecule has 1 heterocycles. The maximum absolute atomic E-state index is 11.8. The van der Waals surface area contributed by atoms with E-state index in [0.717, 1.165) is 29.8 Å². The predicted octanol–water partition coefficient (Wildman–Crippen LogP) is 3.01. The molecule has 0 bridgehead atoms. The van der Waals surface area contributed by atoms with Gasteiger partial charge in [0.1, 0.15) is 0 Å². The van der Waals surface area contributed by atoms with Gasteiger partial charge in [0, 0.05) is 6.42 Å². The highest BCUT2D eigenvalue weighted by atomic mass is 16.1. The first-order valence-electron chi connectivity index (χ1n) is 6.34. The Kier molecular flexibility index (Phi) is 2.54. The minimum Gasteiger partial charge on any atom is -0.294 e. The highest BCUT2D eigenvalue weighted by Crippen LogP contribution is 2.25. The monoisotopic (exact) mass is 240 g/mol. The maximum Gasteiger partial charge on any atom is 0.166 e. The Labute approximate surface area is 106 Å². The number of Topliss-reactive ketones (excluding diaryl/α,β-unsaturated/α-hetero) is 1. The van der Waals surface area contributed by atoms with Gasteiger partial charge in [0.15, 0.2) is 5.78 Å². The van der Waals surface area contributed by atoms with E-state index in [1.807, 2.05) is 4.68 Å². The molecule has 0 amide bonds. The average molecular weight is 240 g/mol. The van der Waals surface area contributed by atoms with Crippen LogP contribution in [0.15, 0.2) is 24.4 Å². The van der Waals surface area contributed by atoms with Crippen LogP contribution in [0.5, 0.6) is 0 Å². The van der Waals surface area contributed by atoms with Crippen molar-refractivity contribution in [1.82, 2.24) is 9.78 Å². The molecule has 0 radical (unpaired) electrons. The number of hydrogen-bond acceptors (Lipinski definition) is 2. The number of ketones is 1. The molecule has 0 aliphatic heterocycles. The predicted molar refractivity (Wildman–Crippen MR) is 70.3 cm³/mol. The second-order valence-electron chi connectivity index (χ2n) is 4.98. The summed E-state index contributed by atoms with van der Waals surface area (Å²) in [5, 5.41) is 4.40. The molecule has 0 atom stereocenters. The third kappa shape index (κ3) is 1.67. The molecule has 3 rings (SSSR count). The molecule has 0 unspecified atom stereocenters.